The molecule has 0 amide bonds. The highest BCUT2D eigenvalue weighted by Crippen LogP contribution is 2.35. The van der Waals surface area contributed by atoms with Crippen LogP contribution in [0.2, 0.25) is 0 Å². The summed E-state index contributed by atoms with van der Waals surface area (Å²) in [5.41, 5.74) is -1.13. The third-order valence-electron chi connectivity index (χ3n) is 1.56. The van der Waals surface area contributed by atoms with E-state index in [4.69, 9.17) is 0 Å². The maximum absolute atomic E-state index is 12.4. The van der Waals surface area contributed by atoms with Crippen LogP contribution in [0, 0.1) is 0 Å². The van der Waals surface area contributed by atoms with Gasteiger partial charge in [0.2, 0.25) is 6.86 Å². The molecule has 0 aliphatic carbocycles. The zero-order valence-electron chi connectivity index (χ0n) is 7.75. The first-order valence-electron chi connectivity index (χ1n) is 4.02. The average molecular weight is 238 g/mol. The van der Waals surface area contributed by atoms with E-state index >= 15 is 0 Å². The quantitative estimate of drug-likeness (QED) is 0.451. The Kier molecular flexibility index (Phi) is 3.70. The van der Waals surface area contributed by atoms with Gasteiger partial charge in [0.25, 0.3) is 0 Å². The molecule has 0 aliphatic heterocycles. The van der Waals surface area contributed by atoms with Gasteiger partial charge in [-0.05, 0) is 12.1 Å². The van der Waals surface area contributed by atoms with Crippen LogP contribution in [0.3, 0.4) is 0 Å². The molecule has 0 radical (unpaired) electrons. The van der Waals surface area contributed by atoms with Gasteiger partial charge in [-0.1, -0.05) is 12.1 Å². The van der Waals surface area contributed by atoms with Crippen molar-refractivity contribution in [2.45, 2.75) is 6.18 Å². The van der Waals surface area contributed by atoms with Crippen molar-refractivity contribution in [3.05, 3.63) is 29.8 Å². The molecule has 0 unspecified atom stereocenters. The number of para-hydroxylation sites is 1. The van der Waals surface area contributed by atoms with Gasteiger partial charge >= 0.3 is 12.3 Å². The molecule has 0 aliphatic rings. The molecule has 1 rings (SSSR count). The summed E-state index contributed by atoms with van der Waals surface area (Å²) in [6.07, 6.45) is -6.19. The van der Waals surface area contributed by atoms with Crippen molar-refractivity contribution in [3.8, 4) is 5.75 Å². The standard InChI is InChI=1S/C9H6F4O3/c10-5-15-8(14)16-7-4-2-1-3-6(7)9(11,12)13/h1-4H,5H2. The molecule has 1 aromatic rings. The lowest BCUT2D eigenvalue weighted by Gasteiger charge is -2.11. The normalized spacial score (nSPS) is 11.0. The Morgan fingerprint density at radius 2 is 1.88 bits per heavy atom. The SMILES string of the molecule is O=C(OCF)Oc1ccccc1C(F)(F)F. The summed E-state index contributed by atoms with van der Waals surface area (Å²) in [4.78, 5) is 10.6. The molecule has 0 spiro atoms. The van der Waals surface area contributed by atoms with E-state index < -0.39 is 30.5 Å². The van der Waals surface area contributed by atoms with Crippen molar-refractivity contribution in [1.29, 1.82) is 0 Å². The van der Waals surface area contributed by atoms with Gasteiger partial charge in [-0.2, -0.15) is 13.2 Å². The molecule has 0 atom stereocenters. The van der Waals surface area contributed by atoms with Crippen LogP contribution in [0.4, 0.5) is 22.4 Å². The number of benzene rings is 1. The zero-order valence-corrected chi connectivity index (χ0v) is 7.75. The second-order valence-corrected chi connectivity index (χ2v) is 2.60. The van der Waals surface area contributed by atoms with Gasteiger partial charge in [0.1, 0.15) is 5.75 Å². The second-order valence-electron chi connectivity index (χ2n) is 2.60. The number of hydrogen-bond acceptors (Lipinski definition) is 3. The van der Waals surface area contributed by atoms with Gasteiger partial charge in [0, 0.05) is 0 Å². The second kappa shape index (κ2) is 4.82. The number of carbonyl (C=O) groups excluding carboxylic acids is 1. The maximum Gasteiger partial charge on any atom is 0.516 e. The Labute approximate surface area is 87.6 Å². The minimum atomic E-state index is -4.66. The zero-order chi connectivity index (χ0) is 12.2. The molecule has 1 aromatic carbocycles. The molecule has 0 aromatic heterocycles. The van der Waals surface area contributed by atoms with E-state index in [0.717, 1.165) is 18.2 Å². The molecule has 0 saturated carbocycles. The lowest BCUT2D eigenvalue weighted by molar-refractivity contribution is -0.138. The highest BCUT2D eigenvalue weighted by Gasteiger charge is 2.34. The fourth-order valence-corrected chi connectivity index (χ4v) is 0.954. The number of carbonyl (C=O) groups is 1. The topological polar surface area (TPSA) is 35.5 Å². The van der Waals surface area contributed by atoms with Gasteiger partial charge < -0.3 is 9.47 Å². The first-order chi connectivity index (χ1) is 7.45. The summed E-state index contributed by atoms with van der Waals surface area (Å²) in [5, 5.41) is 0. The van der Waals surface area contributed by atoms with Gasteiger partial charge in [-0.3, -0.25) is 0 Å². The Morgan fingerprint density at radius 1 is 1.25 bits per heavy atom. The van der Waals surface area contributed by atoms with Crippen molar-refractivity contribution in [1.82, 2.24) is 0 Å². The molecule has 16 heavy (non-hydrogen) atoms. The van der Waals surface area contributed by atoms with Crippen LogP contribution in [0.25, 0.3) is 0 Å². The van der Waals surface area contributed by atoms with E-state index in [2.05, 4.69) is 9.47 Å². The number of halogens is 4. The predicted octanol–water partition coefficient (Wildman–Crippen LogP) is 3.15. The molecule has 0 fully saturated rings. The van der Waals surface area contributed by atoms with E-state index in [0.29, 0.717) is 0 Å². The predicted molar refractivity (Wildman–Crippen MR) is 44.5 cm³/mol. The van der Waals surface area contributed by atoms with Gasteiger partial charge in [0.05, 0.1) is 5.56 Å². The van der Waals surface area contributed by atoms with Crippen molar-refractivity contribution < 1.29 is 31.8 Å². The highest BCUT2D eigenvalue weighted by molar-refractivity contribution is 5.64. The largest absolute Gasteiger partial charge is 0.516 e. The van der Waals surface area contributed by atoms with Gasteiger partial charge in [-0.25, -0.2) is 9.18 Å². The molecule has 0 saturated heterocycles. The Balaban J connectivity index is 2.92. The van der Waals surface area contributed by atoms with Crippen molar-refractivity contribution in [2.24, 2.45) is 0 Å². The lowest BCUT2D eigenvalue weighted by atomic mass is 10.2. The average Bonchev–Trinajstić information content (AvgIpc) is 2.17. The minimum Gasteiger partial charge on any atom is -0.402 e. The fourth-order valence-electron chi connectivity index (χ4n) is 0.954. The Morgan fingerprint density at radius 3 is 2.44 bits per heavy atom. The summed E-state index contributed by atoms with van der Waals surface area (Å²) in [6, 6.07) is 4.05. The monoisotopic (exact) mass is 238 g/mol. The van der Waals surface area contributed by atoms with Crippen LogP contribution in [0.1, 0.15) is 5.56 Å². The first-order valence-corrected chi connectivity index (χ1v) is 4.02. The molecule has 88 valence electrons. The van der Waals surface area contributed by atoms with Crippen molar-refractivity contribution in [3.63, 3.8) is 0 Å². The van der Waals surface area contributed by atoms with Crippen LogP contribution in [0.15, 0.2) is 24.3 Å². The summed E-state index contributed by atoms with van der Waals surface area (Å²) in [7, 11) is 0. The van der Waals surface area contributed by atoms with E-state index in [1.807, 2.05) is 0 Å². The summed E-state index contributed by atoms with van der Waals surface area (Å²) < 4.78 is 56.6. The smallest absolute Gasteiger partial charge is 0.402 e. The number of rotatable bonds is 2. The molecule has 0 bridgehead atoms. The van der Waals surface area contributed by atoms with E-state index in [1.165, 1.54) is 6.07 Å². The Bertz CT molecular complexity index is 375. The molecule has 3 nitrogen and oxygen atoms in total. The maximum atomic E-state index is 12.4. The fraction of sp³-hybridized carbons (Fsp3) is 0.222. The van der Waals surface area contributed by atoms with E-state index in [-0.39, 0.29) is 0 Å². The van der Waals surface area contributed by atoms with Crippen LogP contribution in [-0.4, -0.2) is 13.0 Å². The Hall–Kier alpha value is -1.79. The van der Waals surface area contributed by atoms with Crippen LogP contribution >= 0.6 is 0 Å². The molecular weight excluding hydrogens is 232 g/mol. The molecule has 0 heterocycles. The summed E-state index contributed by atoms with van der Waals surface area (Å²) in [6.45, 7) is -1.47. The minimum absolute atomic E-state index is 0.728. The van der Waals surface area contributed by atoms with Gasteiger partial charge in [-0.15, -0.1) is 0 Å². The van der Waals surface area contributed by atoms with Gasteiger partial charge in [0.15, 0.2) is 0 Å². The first kappa shape index (κ1) is 12.3. The van der Waals surface area contributed by atoms with E-state index in [1.54, 1.807) is 0 Å². The number of alkyl halides is 4. The van der Waals surface area contributed by atoms with Crippen LogP contribution in [0.5, 0.6) is 5.75 Å². The van der Waals surface area contributed by atoms with Crippen molar-refractivity contribution in [2.75, 3.05) is 6.86 Å². The van der Waals surface area contributed by atoms with Crippen LogP contribution in [-0.2, 0) is 10.9 Å². The highest BCUT2D eigenvalue weighted by atomic mass is 19.4. The molecule has 0 N–H and O–H groups in total. The summed E-state index contributed by atoms with van der Waals surface area (Å²) in [5.74, 6) is -0.728. The molecule has 7 heteroatoms. The number of ether oxygens (including phenoxy) is 2. The third-order valence-corrected chi connectivity index (χ3v) is 1.56. The third kappa shape index (κ3) is 3.11. The van der Waals surface area contributed by atoms with Crippen molar-refractivity contribution >= 4 is 6.16 Å². The van der Waals surface area contributed by atoms with Crippen LogP contribution < -0.4 is 4.74 Å². The van der Waals surface area contributed by atoms with E-state index in [9.17, 15) is 22.4 Å². The summed E-state index contributed by atoms with van der Waals surface area (Å²) >= 11 is 0. The molecular formula is C9H6F4O3. The number of hydrogen-bond donors (Lipinski definition) is 0. The lowest BCUT2D eigenvalue weighted by Crippen LogP contribution is -2.14.